The Bertz CT molecular complexity index is 234. The molecule has 0 heterocycles. The van der Waals surface area contributed by atoms with E-state index in [-0.39, 0.29) is 5.78 Å². The van der Waals surface area contributed by atoms with Gasteiger partial charge in [0.1, 0.15) is 0 Å². The second kappa shape index (κ2) is 3.25. The van der Waals surface area contributed by atoms with E-state index in [0.29, 0.717) is 13.0 Å². The van der Waals surface area contributed by atoms with Crippen molar-refractivity contribution in [3.05, 3.63) is 11.8 Å². The van der Waals surface area contributed by atoms with E-state index in [1.54, 1.807) is 6.08 Å². The highest BCUT2D eigenvalue weighted by atomic mass is 16.1. The quantitative estimate of drug-likeness (QED) is 0.541. The lowest BCUT2D eigenvalue weighted by molar-refractivity contribution is -0.114. The van der Waals surface area contributed by atoms with Gasteiger partial charge in [0.15, 0.2) is 5.78 Å². The van der Waals surface area contributed by atoms with Crippen molar-refractivity contribution in [3.63, 3.8) is 0 Å². The van der Waals surface area contributed by atoms with E-state index in [9.17, 15) is 4.79 Å². The minimum atomic E-state index is 0.212. The first kappa shape index (κ1) is 7.87. The van der Waals surface area contributed by atoms with Gasteiger partial charge in [0.05, 0.1) is 6.54 Å². The number of carbonyl (C=O) groups is 1. The molecular formula is C9H11NO. The number of terminal acetylenes is 1. The van der Waals surface area contributed by atoms with E-state index >= 15 is 0 Å². The molecule has 0 atom stereocenters. The maximum absolute atomic E-state index is 10.8. The number of ketones is 1. The highest BCUT2D eigenvalue weighted by Gasteiger charge is 2.13. The van der Waals surface area contributed by atoms with Gasteiger partial charge in [0, 0.05) is 25.2 Å². The van der Waals surface area contributed by atoms with Gasteiger partial charge in [-0.15, -0.1) is 6.42 Å². The van der Waals surface area contributed by atoms with Crippen molar-refractivity contribution < 1.29 is 4.79 Å². The minimum Gasteiger partial charge on any atom is -0.367 e. The molecule has 0 bridgehead atoms. The van der Waals surface area contributed by atoms with Gasteiger partial charge in [-0.05, 0) is 6.42 Å². The average molecular weight is 149 g/mol. The van der Waals surface area contributed by atoms with Gasteiger partial charge in [-0.1, -0.05) is 5.92 Å². The molecule has 0 aliphatic heterocycles. The van der Waals surface area contributed by atoms with Crippen LogP contribution in [0, 0.1) is 12.3 Å². The fraction of sp³-hybridized carbons (Fsp3) is 0.444. The van der Waals surface area contributed by atoms with Crippen molar-refractivity contribution in [2.24, 2.45) is 0 Å². The summed E-state index contributed by atoms with van der Waals surface area (Å²) in [6.07, 6.45) is 8.29. The summed E-state index contributed by atoms with van der Waals surface area (Å²) in [5.41, 5.74) is 1.06. The van der Waals surface area contributed by atoms with Crippen LogP contribution in [0.1, 0.15) is 12.8 Å². The molecule has 2 nitrogen and oxygen atoms in total. The summed E-state index contributed by atoms with van der Waals surface area (Å²) in [4.78, 5) is 12.7. The van der Waals surface area contributed by atoms with E-state index < -0.39 is 0 Å². The number of carbonyl (C=O) groups excluding carboxylic acids is 1. The van der Waals surface area contributed by atoms with Crippen LogP contribution in [0.5, 0.6) is 0 Å². The van der Waals surface area contributed by atoms with Crippen LogP contribution in [-0.4, -0.2) is 24.3 Å². The molecule has 0 aromatic rings. The van der Waals surface area contributed by atoms with Crippen LogP contribution in [0.25, 0.3) is 0 Å². The summed E-state index contributed by atoms with van der Waals surface area (Å²) in [6, 6.07) is 0. The lowest BCUT2D eigenvalue weighted by atomic mass is 10.3. The molecule has 2 heteroatoms. The monoisotopic (exact) mass is 149 g/mol. The number of rotatable bonds is 2. The Morgan fingerprint density at radius 3 is 2.91 bits per heavy atom. The van der Waals surface area contributed by atoms with Gasteiger partial charge in [-0.2, -0.15) is 0 Å². The molecule has 0 spiro atoms. The normalized spacial score (nSPS) is 16.0. The number of hydrogen-bond acceptors (Lipinski definition) is 2. The van der Waals surface area contributed by atoms with Gasteiger partial charge in [-0.25, -0.2) is 0 Å². The molecule has 0 N–H and O–H groups in total. The summed E-state index contributed by atoms with van der Waals surface area (Å²) < 4.78 is 0. The van der Waals surface area contributed by atoms with Crippen LogP contribution in [-0.2, 0) is 4.79 Å². The summed E-state index contributed by atoms with van der Waals surface area (Å²) in [5.74, 6) is 2.74. The zero-order valence-corrected chi connectivity index (χ0v) is 6.63. The highest BCUT2D eigenvalue weighted by Crippen LogP contribution is 2.16. The summed E-state index contributed by atoms with van der Waals surface area (Å²) in [5, 5.41) is 0. The van der Waals surface area contributed by atoms with Crippen molar-refractivity contribution in [2.45, 2.75) is 12.8 Å². The first-order valence-corrected chi connectivity index (χ1v) is 3.62. The fourth-order valence-corrected chi connectivity index (χ4v) is 1.12. The van der Waals surface area contributed by atoms with Crippen molar-refractivity contribution in [1.29, 1.82) is 0 Å². The van der Waals surface area contributed by atoms with Crippen molar-refractivity contribution >= 4 is 5.78 Å². The Morgan fingerprint density at radius 1 is 1.73 bits per heavy atom. The van der Waals surface area contributed by atoms with Gasteiger partial charge < -0.3 is 4.90 Å². The smallest absolute Gasteiger partial charge is 0.157 e. The second-order valence-corrected chi connectivity index (χ2v) is 2.66. The molecule has 0 aromatic carbocycles. The summed E-state index contributed by atoms with van der Waals surface area (Å²) >= 11 is 0. The van der Waals surface area contributed by atoms with E-state index in [4.69, 9.17) is 6.42 Å². The molecule has 58 valence electrons. The Hall–Kier alpha value is -1.23. The van der Waals surface area contributed by atoms with Gasteiger partial charge >= 0.3 is 0 Å². The third-order valence-corrected chi connectivity index (χ3v) is 1.77. The second-order valence-electron chi connectivity index (χ2n) is 2.66. The average Bonchev–Trinajstić information content (AvgIpc) is 2.36. The lowest BCUT2D eigenvalue weighted by Crippen LogP contribution is -2.16. The molecule has 1 rings (SSSR count). The summed E-state index contributed by atoms with van der Waals surface area (Å²) in [7, 11) is 1.91. The van der Waals surface area contributed by atoms with Crippen LogP contribution in [0.3, 0.4) is 0 Å². The Balaban J connectivity index is 2.55. The first-order valence-electron chi connectivity index (χ1n) is 3.62. The van der Waals surface area contributed by atoms with E-state index in [0.717, 1.165) is 12.1 Å². The Labute approximate surface area is 66.9 Å². The van der Waals surface area contributed by atoms with Gasteiger partial charge in [-0.3, -0.25) is 4.79 Å². The Kier molecular flexibility index (Phi) is 2.32. The third kappa shape index (κ3) is 1.84. The van der Waals surface area contributed by atoms with Crippen LogP contribution >= 0.6 is 0 Å². The molecule has 0 fully saturated rings. The fourth-order valence-electron chi connectivity index (χ4n) is 1.12. The SMILES string of the molecule is C#CCN(C)C1=CC(=O)CC1. The van der Waals surface area contributed by atoms with Gasteiger partial charge in [0.25, 0.3) is 0 Å². The maximum atomic E-state index is 10.8. The molecule has 0 amide bonds. The van der Waals surface area contributed by atoms with Crippen LogP contribution < -0.4 is 0 Å². The van der Waals surface area contributed by atoms with Crippen LogP contribution in [0.15, 0.2) is 11.8 Å². The predicted octanol–water partition coefficient (Wildman–Crippen LogP) is 0.798. The molecule has 11 heavy (non-hydrogen) atoms. The number of nitrogens with zero attached hydrogens (tertiary/aromatic N) is 1. The van der Waals surface area contributed by atoms with Crippen molar-refractivity contribution in [2.75, 3.05) is 13.6 Å². The number of allylic oxidation sites excluding steroid dienone is 2. The van der Waals surface area contributed by atoms with Crippen molar-refractivity contribution in [1.82, 2.24) is 4.90 Å². The molecular weight excluding hydrogens is 138 g/mol. The molecule has 0 radical (unpaired) electrons. The maximum Gasteiger partial charge on any atom is 0.157 e. The zero-order chi connectivity index (χ0) is 8.27. The Morgan fingerprint density at radius 2 is 2.45 bits per heavy atom. The van der Waals surface area contributed by atoms with Crippen molar-refractivity contribution in [3.8, 4) is 12.3 Å². The number of hydrogen-bond donors (Lipinski definition) is 0. The van der Waals surface area contributed by atoms with E-state index in [1.807, 2.05) is 11.9 Å². The third-order valence-electron chi connectivity index (χ3n) is 1.77. The summed E-state index contributed by atoms with van der Waals surface area (Å²) in [6.45, 7) is 0.582. The topological polar surface area (TPSA) is 20.3 Å². The minimum absolute atomic E-state index is 0.212. The molecule has 0 saturated heterocycles. The largest absolute Gasteiger partial charge is 0.367 e. The molecule has 1 aliphatic carbocycles. The van der Waals surface area contributed by atoms with E-state index in [1.165, 1.54) is 0 Å². The molecule has 0 unspecified atom stereocenters. The lowest BCUT2D eigenvalue weighted by Gasteiger charge is -2.15. The van der Waals surface area contributed by atoms with Gasteiger partial charge in [0.2, 0.25) is 0 Å². The van der Waals surface area contributed by atoms with Crippen LogP contribution in [0.4, 0.5) is 0 Å². The van der Waals surface area contributed by atoms with E-state index in [2.05, 4.69) is 5.92 Å². The van der Waals surface area contributed by atoms with Crippen LogP contribution in [0.2, 0.25) is 0 Å². The standard InChI is InChI=1S/C9H11NO/c1-3-6-10(2)8-4-5-9(11)7-8/h1,7H,4-6H2,2H3. The molecule has 1 aliphatic rings. The zero-order valence-electron chi connectivity index (χ0n) is 6.63. The molecule has 0 aromatic heterocycles. The predicted molar refractivity (Wildman–Crippen MR) is 43.8 cm³/mol. The first-order chi connectivity index (χ1) is 5.24. The highest BCUT2D eigenvalue weighted by molar-refractivity contribution is 5.92. The molecule has 0 saturated carbocycles.